The van der Waals surface area contributed by atoms with E-state index < -0.39 is 4.92 Å². The highest BCUT2D eigenvalue weighted by molar-refractivity contribution is 7.14. The van der Waals surface area contributed by atoms with E-state index in [4.69, 9.17) is 4.74 Å². The average molecular weight is 174 g/mol. The molecule has 0 aromatic carbocycles. The van der Waals surface area contributed by atoms with Crippen LogP contribution in [0.3, 0.4) is 0 Å². The van der Waals surface area contributed by atoms with E-state index in [1.165, 1.54) is 13.3 Å². The molecule has 60 valence electrons. The predicted molar refractivity (Wildman–Crippen MR) is 39.5 cm³/mol. The van der Waals surface area contributed by atoms with Gasteiger partial charge in [0.25, 0.3) is 0 Å². The Hall–Kier alpha value is -1.01. The molecule has 0 saturated carbocycles. The second-order valence-corrected chi connectivity index (χ2v) is 2.89. The van der Waals surface area contributed by atoms with Crippen LogP contribution < -0.4 is 0 Å². The lowest BCUT2D eigenvalue weighted by Gasteiger charge is -1.87. The zero-order valence-corrected chi connectivity index (χ0v) is 6.63. The third kappa shape index (κ3) is 1.95. The second-order valence-electron chi connectivity index (χ2n) is 1.80. The molecule has 1 aromatic heterocycles. The summed E-state index contributed by atoms with van der Waals surface area (Å²) in [6.45, 7) is 0.380. The van der Waals surface area contributed by atoms with Crippen molar-refractivity contribution < 1.29 is 9.66 Å². The Bertz CT molecular complexity index is 260. The Morgan fingerprint density at radius 2 is 2.64 bits per heavy atom. The molecule has 0 amide bonds. The molecule has 0 N–H and O–H groups in total. The number of thiazole rings is 1. The van der Waals surface area contributed by atoms with Gasteiger partial charge in [-0.25, -0.2) is 0 Å². The zero-order chi connectivity index (χ0) is 8.27. The third-order valence-electron chi connectivity index (χ3n) is 0.984. The standard InChI is InChI=1S/C5H6N2O3S/c1-10-3-4-2-6-5(11-4)7(8)9/h2H,3H2,1H3. The van der Waals surface area contributed by atoms with Crippen molar-refractivity contribution in [2.45, 2.75) is 6.61 Å². The third-order valence-corrected chi connectivity index (χ3v) is 1.91. The first-order chi connectivity index (χ1) is 5.24. The summed E-state index contributed by atoms with van der Waals surface area (Å²) in [5.41, 5.74) is 0. The number of methoxy groups -OCH3 is 1. The molecule has 11 heavy (non-hydrogen) atoms. The number of aromatic nitrogens is 1. The SMILES string of the molecule is COCc1cnc([N+](=O)[O-])s1. The molecule has 5 nitrogen and oxygen atoms in total. The fourth-order valence-electron chi connectivity index (χ4n) is 0.591. The van der Waals surface area contributed by atoms with Gasteiger partial charge in [-0.15, -0.1) is 0 Å². The van der Waals surface area contributed by atoms with Crippen LogP contribution in [0.4, 0.5) is 5.13 Å². The van der Waals surface area contributed by atoms with Gasteiger partial charge in [-0.3, -0.25) is 0 Å². The highest BCUT2D eigenvalue weighted by atomic mass is 32.1. The van der Waals surface area contributed by atoms with Crippen molar-refractivity contribution in [1.82, 2.24) is 4.98 Å². The zero-order valence-electron chi connectivity index (χ0n) is 5.81. The molecule has 1 rings (SSSR count). The molecule has 0 unspecified atom stereocenters. The highest BCUT2D eigenvalue weighted by Gasteiger charge is 2.11. The van der Waals surface area contributed by atoms with Crippen molar-refractivity contribution in [3.8, 4) is 0 Å². The van der Waals surface area contributed by atoms with Gasteiger partial charge >= 0.3 is 5.13 Å². The van der Waals surface area contributed by atoms with Gasteiger partial charge in [0.05, 0.1) is 11.5 Å². The van der Waals surface area contributed by atoms with Gasteiger partial charge in [0.2, 0.25) is 0 Å². The molecule has 1 heterocycles. The molecular weight excluding hydrogens is 168 g/mol. The molecular formula is C5H6N2O3S. The van der Waals surface area contributed by atoms with Gasteiger partial charge in [0.1, 0.15) is 0 Å². The summed E-state index contributed by atoms with van der Waals surface area (Å²) in [6, 6.07) is 0. The fraction of sp³-hybridized carbons (Fsp3) is 0.400. The fourth-order valence-corrected chi connectivity index (χ4v) is 1.29. The van der Waals surface area contributed by atoms with Crippen LogP contribution in [0.5, 0.6) is 0 Å². The molecule has 0 aliphatic carbocycles. The average Bonchev–Trinajstić information content (AvgIpc) is 2.37. The number of ether oxygens (including phenoxy) is 1. The Kier molecular flexibility index (Phi) is 2.50. The summed E-state index contributed by atoms with van der Waals surface area (Å²) in [7, 11) is 1.53. The van der Waals surface area contributed by atoms with Gasteiger partial charge in [-0.05, 0) is 21.2 Å². The number of hydrogen-bond acceptors (Lipinski definition) is 5. The normalized spacial score (nSPS) is 9.91. The minimum atomic E-state index is -0.510. The van der Waals surface area contributed by atoms with Crippen LogP contribution in [0.25, 0.3) is 0 Å². The van der Waals surface area contributed by atoms with E-state index in [1.807, 2.05) is 0 Å². The van der Waals surface area contributed by atoms with Gasteiger partial charge in [0, 0.05) is 7.11 Å². The van der Waals surface area contributed by atoms with Gasteiger partial charge in [-0.1, -0.05) is 0 Å². The smallest absolute Gasteiger partial charge is 0.379 e. The summed E-state index contributed by atoms with van der Waals surface area (Å²) in [5.74, 6) is 0. The minimum Gasteiger partial charge on any atom is -0.379 e. The van der Waals surface area contributed by atoms with Gasteiger partial charge in [-0.2, -0.15) is 0 Å². The molecule has 0 saturated heterocycles. The topological polar surface area (TPSA) is 65.3 Å². The van der Waals surface area contributed by atoms with Crippen LogP contribution in [-0.2, 0) is 11.3 Å². The first-order valence-corrected chi connectivity index (χ1v) is 3.63. The first-order valence-electron chi connectivity index (χ1n) is 2.82. The summed E-state index contributed by atoms with van der Waals surface area (Å²) in [6.07, 6.45) is 1.45. The van der Waals surface area contributed by atoms with E-state index in [2.05, 4.69) is 4.98 Å². The van der Waals surface area contributed by atoms with Crippen LogP contribution in [0.1, 0.15) is 4.88 Å². The Balaban J connectivity index is 2.73. The minimum absolute atomic E-state index is 0.0861. The summed E-state index contributed by atoms with van der Waals surface area (Å²) < 4.78 is 4.77. The Morgan fingerprint density at radius 3 is 3.09 bits per heavy atom. The van der Waals surface area contributed by atoms with E-state index in [0.717, 1.165) is 16.2 Å². The summed E-state index contributed by atoms with van der Waals surface area (Å²) in [5, 5.41) is 10.0. The Labute approximate surface area is 66.8 Å². The predicted octanol–water partition coefficient (Wildman–Crippen LogP) is 1.20. The van der Waals surface area contributed by atoms with Crippen LogP contribution in [-0.4, -0.2) is 17.0 Å². The number of nitro groups is 1. The number of rotatable bonds is 3. The Morgan fingerprint density at radius 1 is 1.91 bits per heavy atom. The monoisotopic (exact) mass is 174 g/mol. The maximum atomic E-state index is 10.1. The highest BCUT2D eigenvalue weighted by Crippen LogP contribution is 2.20. The van der Waals surface area contributed by atoms with Crippen LogP contribution in [0.15, 0.2) is 6.20 Å². The quantitative estimate of drug-likeness (QED) is 0.510. The van der Waals surface area contributed by atoms with Crippen molar-refractivity contribution in [3.63, 3.8) is 0 Å². The molecule has 0 spiro atoms. The van der Waals surface area contributed by atoms with E-state index in [9.17, 15) is 10.1 Å². The van der Waals surface area contributed by atoms with Crippen LogP contribution >= 0.6 is 11.3 Å². The molecule has 0 bridgehead atoms. The van der Waals surface area contributed by atoms with E-state index in [-0.39, 0.29) is 5.13 Å². The van der Waals surface area contributed by atoms with Gasteiger partial charge < -0.3 is 14.9 Å². The van der Waals surface area contributed by atoms with Crippen molar-refractivity contribution in [1.29, 1.82) is 0 Å². The van der Waals surface area contributed by atoms with E-state index in [1.54, 1.807) is 0 Å². The number of hydrogen-bond donors (Lipinski definition) is 0. The lowest BCUT2D eigenvalue weighted by molar-refractivity contribution is -0.384. The molecule has 0 atom stereocenters. The van der Waals surface area contributed by atoms with Crippen LogP contribution in [0, 0.1) is 10.1 Å². The number of nitrogens with zero attached hydrogens (tertiary/aromatic N) is 2. The van der Waals surface area contributed by atoms with Crippen molar-refractivity contribution >= 4 is 16.5 Å². The summed E-state index contributed by atoms with van der Waals surface area (Å²) in [4.78, 5) is 14.0. The molecule has 1 aromatic rings. The van der Waals surface area contributed by atoms with Crippen molar-refractivity contribution in [2.75, 3.05) is 7.11 Å². The lowest BCUT2D eigenvalue weighted by atomic mass is 10.6. The molecule has 0 fully saturated rings. The lowest BCUT2D eigenvalue weighted by Crippen LogP contribution is -1.83. The van der Waals surface area contributed by atoms with E-state index >= 15 is 0 Å². The maximum Gasteiger partial charge on any atom is 0.423 e. The van der Waals surface area contributed by atoms with Gasteiger partial charge in [0.15, 0.2) is 6.20 Å². The maximum absolute atomic E-state index is 10.1. The van der Waals surface area contributed by atoms with E-state index in [0.29, 0.717) is 6.61 Å². The van der Waals surface area contributed by atoms with Crippen LogP contribution in [0.2, 0.25) is 0 Å². The van der Waals surface area contributed by atoms with Crippen molar-refractivity contribution in [3.05, 3.63) is 21.2 Å². The second kappa shape index (κ2) is 3.40. The molecule has 0 aliphatic rings. The van der Waals surface area contributed by atoms with Crippen molar-refractivity contribution in [2.24, 2.45) is 0 Å². The summed E-state index contributed by atoms with van der Waals surface area (Å²) >= 11 is 1.03. The molecule has 0 radical (unpaired) electrons. The first kappa shape index (κ1) is 8.09. The molecule has 6 heteroatoms. The molecule has 0 aliphatic heterocycles. The largest absolute Gasteiger partial charge is 0.423 e.